The molecule has 0 bridgehead atoms. The van der Waals surface area contributed by atoms with Crippen molar-refractivity contribution in [2.24, 2.45) is 0 Å². The van der Waals surface area contributed by atoms with Crippen LogP contribution in [0.25, 0.3) is 0 Å². The van der Waals surface area contributed by atoms with E-state index in [4.69, 9.17) is 23.2 Å². The molecule has 1 aliphatic carbocycles. The van der Waals surface area contributed by atoms with Crippen LogP contribution in [0.3, 0.4) is 0 Å². The van der Waals surface area contributed by atoms with E-state index in [0.717, 1.165) is 0 Å². The Labute approximate surface area is 102 Å². The Morgan fingerprint density at radius 1 is 0.933 bits per heavy atom. The first-order valence-electron chi connectivity index (χ1n) is 5.64. The third kappa shape index (κ3) is 3.12. The van der Waals surface area contributed by atoms with Gasteiger partial charge in [0.1, 0.15) is 0 Å². The molecular formula is C13H15Cl2. The van der Waals surface area contributed by atoms with Crippen molar-refractivity contribution in [1.29, 1.82) is 0 Å². The van der Waals surface area contributed by atoms with Gasteiger partial charge < -0.3 is 0 Å². The van der Waals surface area contributed by atoms with E-state index in [1.165, 1.54) is 44.1 Å². The molecule has 81 valence electrons. The predicted octanol–water partition coefficient (Wildman–Crippen LogP) is 5.23. The van der Waals surface area contributed by atoms with Crippen LogP contribution in [0, 0.1) is 6.07 Å². The first-order chi connectivity index (χ1) is 7.25. The lowest BCUT2D eigenvalue weighted by Gasteiger charge is -2.14. The van der Waals surface area contributed by atoms with Gasteiger partial charge in [-0.25, -0.2) is 0 Å². The normalized spacial score (nSPS) is 18.8. The van der Waals surface area contributed by atoms with Crippen LogP contribution in [-0.4, -0.2) is 0 Å². The predicted molar refractivity (Wildman–Crippen MR) is 65.7 cm³/mol. The molecule has 0 heterocycles. The maximum Gasteiger partial charge on any atom is 0.0503 e. The minimum absolute atomic E-state index is 0.641. The number of halogens is 2. The second kappa shape index (κ2) is 5.23. The Morgan fingerprint density at radius 3 is 2.00 bits per heavy atom. The fraction of sp³-hybridized carbons (Fsp3) is 0.538. The van der Waals surface area contributed by atoms with Crippen LogP contribution < -0.4 is 0 Å². The van der Waals surface area contributed by atoms with Crippen molar-refractivity contribution in [1.82, 2.24) is 0 Å². The molecule has 0 atom stereocenters. The highest BCUT2D eigenvalue weighted by atomic mass is 35.5. The highest BCUT2D eigenvalue weighted by Crippen LogP contribution is 2.33. The Bertz CT molecular complexity index is 305. The summed E-state index contributed by atoms with van der Waals surface area (Å²) in [6.07, 6.45) is 7.96. The lowest BCUT2D eigenvalue weighted by atomic mass is 9.92. The summed E-state index contributed by atoms with van der Waals surface area (Å²) in [5, 5.41) is 1.28. The van der Waals surface area contributed by atoms with Gasteiger partial charge in [-0.15, -0.1) is 0 Å². The van der Waals surface area contributed by atoms with E-state index < -0.39 is 0 Å². The second-order valence-electron chi connectivity index (χ2n) is 4.30. The van der Waals surface area contributed by atoms with Gasteiger partial charge in [-0.05, 0) is 36.5 Å². The van der Waals surface area contributed by atoms with Crippen LogP contribution >= 0.6 is 23.2 Å². The Hall–Kier alpha value is -0.200. The molecule has 1 aromatic rings. The van der Waals surface area contributed by atoms with Crippen molar-refractivity contribution >= 4 is 23.2 Å². The zero-order valence-electron chi connectivity index (χ0n) is 8.73. The third-order valence-electron chi connectivity index (χ3n) is 3.15. The topological polar surface area (TPSA) is 0 Å². The second-order valence-corrected chi connectivity index (χ2v) is 5.11. The summed E-state index contributed by atoms with van der Waals surface area (Å²) in [4.78, 5) is 0. The molecule has 1 saturated carbocycles. The summed E-state index contributed by atoms with van der Waals surface area (Å²) in [5.41, 5.74) is 1.30. The summed E-state index contributed by atoms with van der Waals surface area (Å²) in [5.74, 6) is 0.650. The number of benzene rings is 1. The summed E-state index contributed by atoms with van der Waals surface area (Å²) < 4.78 is 0. The molecule has 0 saturated heterocycles. The number of rotatable bonds is 1. The van der Waals surface area contributed by atoms with Crippen molar-refractivity contribution in [3.05, 3.63) is 33.8 Å². The molecule has 1 aromatic carbocycles. The maximum absolute atomic E-state index is 5.97. The largest absolute Gasteiger partial charge is 0.0836 e. The van der Waals surface area contributed by atoms with E-state index in [1.807, 2.05) is 12.1 Å². The van der Waals surface area contributed by atoms with Crippen molar-refractivity contribution in [2.45, 2.75) is 44.4 Å². The maximum atomic E-state index is 5.97. The minimum Gasteiger partial charge on any atom is -0.0836 e. The molecule has 1 fully saturated rings. The molecule has 2 heteroatoms. The van der Waals surface area contributed by atoms with Gasteiger partial charge in [0.15, 0.2) is 0 Å². The van der Waals surface area contributed by atoms with Gasteiger partial charge in [0.05, 0.1) is 10.0 Å². The Morgan fingerprint density at radius 2 is 1.47 bits per heavy atom. The van der Waals surface area contributed by atoms with Crippen LogP contribution in [0.15, 0.2) is 12.1 Å². The zero-order valence-corrected chi connectivity index (χ0v) is 10.2. The number of hydrogen-bond acceptors (Lipinski definition) is 0. The first kappa shape index (κ1) is 11.3. The van der Waals surface area contributed by atoms with E-state index in [2.05, 4.69) is 6.07 Å². The zero-order chi connectivity index (χ0) is 10.7. The van der Waals surface area contributed by atoms with Crippen LogP contribution in [0.2, 0.25) is 10.0 Å². The summed E-state index contributed by atoms with van der Waals surface area (Å²) >= 11 is 11.9. The quantitative estimate of drug-likeness (QED) is 0.591. The van der Waals surface area contributed by atoms with Gasteiger partial charge in [0, 0.05) is 6.07 Å². The van der Waals surface area contributed by atoms with Crippen molar-refractivity contribution < 1.29 is 0 Å². The first-order valence-corrected chi connectivity index (χ1v) is 6.39. The molecule has 0 aliphatic heterocycles. The lowest BCUT2D eigenvalue weighted by molar-refractivity contribution is 0.592. The summed E-state index contributed by atoms with van der Waals surface area (Å²) in [6.45, 7) is 0. The van der Waals surface area contributed by atoms with Crippen LogP contribution in [0.4, 0.5) is 0 Å². The van der Waals surface area contributed by atoms with E-state index >= 15 is 0 Å². The average Bonchev–Trinajstić information content (AvgIpc) is 2.43. The molecule has 1 aliphatic rings. The molecule has 2 rings (SSSR count). The van der Waals surface area contributed by atoms with E-state index in [1.54, 1.807) is 0 Å². The SMILES string of the molecule is Clc1[c]c(Cl)cc(C2CCCCCC2)c1. The Kier molecular flexibility index (Phi) is 3.93. The van der Waals surface area contributed by atoms with E-state index in [9.17, 15) is 0 Å². The highest BCUT2D eigenvalue weighted by molar-refractivity contribution is 6.34. The molecule has 0 N–H and O–H groups in total. The van der Waals surface area contributed by atoms with Crippen molar-refractivity contribution in [3.63, 3.8) is 0 Å². The van der Waals surface area contributed by atoms with Gasteiger partial charge >= 0.3 is 0 Å². The average molecular weight is 242 g/mol. The van der Waals surface area contributed by atoms with Gasteiger partial charge in [-0.1, -0.05) is 48.9 Å². The summed E-state index contributed by atoms with van der Waals surface area (Å²) in [7, 11) is 0. The molecule has 15 heavy (non-hydrogen) atoms. The smallest absolute Gasteiger partial charge is 0.0503 e. The van der Waals surface area contributed by atoms with Gasteiger partial charge in [-0.3, -0.25) is 0 Å². The molecule has 0 amide bonds. The minimum atomic E-state index is 0.641. The summed E-state index contributed by atoms with van der Waals surface area (Å²) in [6, 6.07) is 6.93. The molecule has 0 unspecified atom stereocenters. The van der Waals surface area contributed by atoms with Crippen LogP contribution in [0.1, 0.15) is 50.0 Å². The fourth-order valence-electron chi connectivity index (χ4n) is 2.37. The molecule has 1 radical (unpaired) electrons. The molecular weight excluding hydrogens is 227 g/mol. The van der Waals surface area contributed by atoms with E-state index in [-0.39, 0.29) is 0 Å². The third-order valence-corrected chi connectivity index (χ3v) is 3.56. The van der Waals surface area contributed by atoms with Gasteiger partial charge in [0.2, 0.25) is 0 Å². The van der Waals surface area contributed by atoms with Crippen LogP contribution in [0.5, 0.6) is 0 Å². The van der Waals surface area contributed by atoms with Gasteiger partial charge in [0.25, 0.3) is 0 Å². The Balaban J connectivity index is 2.19. The number of hydrogen-bond donors (Lipinski definition) is 0. The van der Waals surface area contributed by atoms with Crippen LogP contribution in [-0.2, 0) is 0 Å². The molecule has 0 spiro atoms. The fourth-order valence-corrected chi connectivity index (χ4v) is 2.87. The molecule has 0 nitrogen and oxygen atoms in total. The lowest BCUT2D eigenvalue weighted by Crippen LogP contribution is -1.97. The van der Waals surface area contributed by atoms with Gasteiger partial charge in [-0.2, -0.15) is 0 Å². The van der Waals surface area contributed by atoms with Crippen molar-refractivity contribution in [2.75, 3.05) is 0 Å². The molecule has 0 aromatic heterocycles. The highest BCUT2D eigenvalue weighted by Gasteiger charge is 2.15. The monoisotopic (exact) mass is 241 g/mol. The van der Waals surface area contributed by atoms with Crippen molar-refractivity contribution in [3.8, 4) is 0 Å². The van der Waals surface area contributed by atoms with E-state index in [0.29, 0.717) is 16.0 Å². The standard InChI is InChI=1S/C13H15Cl2/c14-12-7-11(8-13(15)9-12)10-5-3-1-2-4-6-10/h7-8,10H,1-6H2.